The van der Waals surface area contributed by atoms with Gasteiger partial charge in [0.15, 0.2) is 5.60 Å². The van der Waals surface area contributed by atoms with Crippen molar-refractivity contribution in [3.05, 3.63) is 25.3 Å². The van der Waals surface area contributed by atoms with E-state index in [1.54, 1.807) is 0 Å². The van der Waals surface area contributed by atoms with Crippen molar-refractivity contribution in [1.82, 2.24) is 0 Å². The molecule has 0 spiro atoms. The Hall–Kier alpha value is -1.00. The minimum atomic E-state index is -0.778. The van der Waals surface area contributed by atoms with Gasteiger partial charge in [-0.3, -0.25) is 0 Å². The van der Waals surface area contributed by atoms with Crippen LogP contribution in [0, 0.1) is 12.3 Å². The molecule has 0 aromatic heterocycles. The third-order valence-electron chi connectivity index (χ3n) is 1.17. The number of hydrogen-bond acceptors (Lipinski definition) is 1. The van der Waals surface area contributed by atoms with Crippen molar-refractivity contribution in [3.63, 3.8) is 0 Å². The molecule has 0 aliphatic rings. The molecular formula is C8H10O. The minimum absolute atomic E-state index is 0.778. The molecule has 0 saturated carbocycles. The molecule has 0 saturated heterocycles. The summed E-state index contributed by atoms with van der Waals surface area (Å²) in [5.41, 5.74) is -0.778. The van der Waals surface area contributed by atoms with Crippen molar-refractivity contribution in [2.45, 2.75) is 5.60 Å². The second-order valence-electron chi connectivity index (χ2n) is 1.55. The summed E-state index contributed by atoms with van der Waals surface area (Å²) in [7, 11) is 1.52. The van der Waals surface area contributed by atoms with Crippen LogP contribution in [0.5, 0.6) is 0 Å². The smallest absolute Gasteiger partial charge is 0.164 e. The summed E-state index contributed by atoms with van der Waals surface area (Å²) in [4.78, 5) is 0. The first-order valence-electron chi connectivity index (χ1n) is 2.54. The van der Waals surface area contributed by atoms with Gasteiger partial charge in [-0.2, -0.15) is 0 Å². The zero-order chi connectivity index (χ0) is 7.33. The van der Waals surface area contributed by atoms with Gasteiger partial charge in [0.25, 0.3) is 0 Å². The maximum absolute atomic E-state index is 5.12. The number of methoxy groups -OCH3 is 1. The standard InChI is InChI=1S/C8H10O/c1-5-8(6-2,7-3)9-4/h1,6-7H,2-3H2,4H3. The first-order chi connectivity index (χ1) is 4.24. The molecule has 0 aromatic rings. The van der Waals surface area contributed by atoms with Gasteiger partial charge in [0.05, 0.1) is 0 Å². The highest BCUT2D eigenvalue weighted by Gasteiger charge is 2.16. The van der Waals surface area contributed by atoms with Gasteiger partial charge >= 0.3 is 0 Å². The number of hydrogen-bond donors (Lipinski definition) is 0. The molecule has 1 heteroatoms. The van der Waals surface area contributed by atoms with Crippen LogP contribution >= 0.6 is 0 Å². The number of rotatable bonds is 3. The van der Waals surface area contributed by atoms with Crippen LogP contribution in [0.3, 0.4) is 0 Å². The Kier molecular flexibility index (Phi) is 2.77. The van der Waals surface area contributed by atoms with Gasteiger partial charge in [0, 0.05) is 7.11 Å². The second-order valence-corrected chi connectivity index (χ2v) is 1.55. The largest absolute Gasteiger partial charge is 0.358 e. The van der Waals surface area contributed by atoms with Gasteiger partial charge in [-0.1, -0.05) is 19.1 Å². The Balaban J connectivity index is 4.40. The van der Waals surface area contributed by atoms with Crippen molar-refractivity contribution < 1.29 is 4.74 Å². The monoisotopic (exact) mass is 122 g/mol. The second kappa shape index (κ2) is 3.11. The van der Waals surface area contributed by atoms with Crippen molar-refractivity contribution in [2.24, 2.45) is 0 Å². The van der Waals surface area contributed by atoms with Gasteiger partial charge in [-0.15, -0.1) is 6.42 Å². The van der Waals surface area contributed by atoms with Crippen LogP contribution in [-0.2, 0) is 4.74 Å². The molecule has 0 N–H and O–H groups in total. The van der Waals surface area contributed by atoms with Crippen LogP contribution in [0.4, 0.5) is 0 Å². The van der Waals surface area contributed by atoms with Gasteiger partial charge in [0.2, 0.25) is 0 Å². The van der Waals surface area contributed by atoms with E-state index in [1.807, 2.05) is 0 Å². The maximum atomic E-state index is 5.12. The van der Waals surface area contributed by atoms with Crippen molar-refractivity contribution in [3.8, 4) is 12.3 Å². The van der Waals surface area contributed by atoms with E-state index in [1.165, 1.54) is 19.3 Å². The highest BCUT2D eigenvalue weighted by atomic mass is 16.5. The Labute approximate surface area is 56.0 Å². The van der Waals surface area contributed by atoms with Crippen LogP contribution in [-0.4, -0.2) is 12.7 Å². The van der Waals surface area contributed by atoms with Crippen LogP contribution in [0.1, 0.15) is 0 Å². The quantitative estimate of drug-likeness (QED) is 0.406. The van der Waals surface area contributed by atoms with E-state index in [-0.39, 0.29) is 0 Å². The molecule has 0 aliphatic carbocycles. The van der Waals surface area contributed by atoms with E-state index in [4.69, 9.17) is 11.2 Å². The molecule has 0 atom stereocenters. The Morgan fingerprint density at radius 2 is 2.00 bits per heavy atom. The topological polar surface area (TPSA) is 9.23 Å². The molecule has 0 fully saturated rings. The molecule has 0 heterocycles. The molecule has 0 aromatic carbocycles. The summed E-state index contributed by atoms with van der Waals surface area (Å²) < 4.78 is 4.91. The maximum Gasteiger partial charge on any atom is 0.164 e. The van der Waals surface area contributed by atoms with Gasteiger partial charge < -0.3 is 4.74 Å². The first kappa shape index (κ1) is 8.00. The number of ether oxygens (including phenoxy) is 1. The minimum Gasteiger partial charge on any atom is -0.358 e. The lowest BCUT2D eigenvalue weighted by molar-refractivity contribution is 0.124. The van der Waals surface area contributed by atoms with E-state index in [2.05, 4.69) is 19.1 Å². The molecule has 9 heavy (non-hydrogen) atoms. The Morgan fingerprint density at radius 1 is 1.56 bits per heavy atom. The molecule has 0 bridgehead atoms. The van der Waals surface area contributed by atoms with Crippen molar-refractivity contribution in [2.75, 3.05) is 7.11 Å². The molecule has 0 radical (unpaired) electrons. The summed E-state index contributed by atoms with van der Waals surface area (Å²) in [6.07, 6.45) is 8.18. The summed E-state index contributed by atoms with van der Waals surface area (Å²) in [6, 6.07) is 0. The molecule has 0 rings (SSSR count). The third-order valence-corrected chi connectivity index (χ3v) is 1.17. The summed E-state index contributed by atoms with van der Waals surface area (Å²) in [5, 5.41) is 0. The fourth-order valence-corrected chi connectivity index (χ4v) is 0.427. The highest BCUT2D eigenvalue weighted by molar-refractivity contribution is 5.26. The zero-order valence-corrected chi connectivity index (χ0v) is 5.55. The molecule has 0 aliphatic heterocycles. The molecule has 48 valence electrons. The zero-order valence-electron chi connectivity index (χ0n) is 5.55. The predicted molar refractivity (Wildman–Crippen MR) is 39.0 cm³/mol. The SMILES string of the molecule is C#CC(C=C)(C=C)OC. The van der Waals surface area contributed by atoms with Gasteiger partial charge in [-0.05, 0) is 12.2 Å². The van der Waals surface area contributed by atoms with E-state index in [0.717, 1.165) is 0 Å². The lowest BCUT2D eigenvalue weighted by atomic mass is 10.1. The Morgan fingerprint density at radius 3 is 2.00 bits per heavy atom. The van der Waals surface area contributed by atoms with E-state index < -0.39 is 5.60 Å². The average Bonchev–Trinajstić information content (AvgIpc) is 1.95. The molecule has 0 unspecified atom stereocenters. The van der Waals surface area contributed by atoms with Crippen LogP contribution in [0.25, 0.3) is 0 Å². The summed E-state index contributed by atoms with van der Waals surface area (Å²) in [5.74, 6) is 2.41. The molecule has 1 nitrogen and oxygen atoms in total. The lowest BCUT2D eigenvalue weighted by Crippen LogP contribution is -2.22. The molecule has 0 amide bonds. The van der Waals surface area contributed by atoms with Crippen LogP contribution in [0.15, 0.2) is 25.3 Å². The van der Waals surface area contributed by atoms with E-state index in [0.29, 0.717) is 0 Å². The van der Waals surface area contributed by atoms with Gasteiger partial charge in [-0.25, -0.2) is 0 Å². The van der Waals surface area contributed by atoms with Gasteiger partial charge in [0.1, 0.15) is 0 Å². The molecular weight excluding hydrogens is 112 g/mol. The van der Waals surface area contributed by atoms with Crippen LogP contribution in [0.2, 0.25) is 0 Å². The fourth-order valence-electron chi connectivity index (χ4n) is 0.427. The third kappa shape index (κ3) is 1.45. The van der Waals surface area contributed by atoms with E-state index >= 15 is 0 Å². The summed E-state index contributed by atoms with van der Waals surface area (Å²) >= 11 is 0. The fraction of sp³-hybridized carbons (Fsp3) is 0.250. The van der Waals surface area contributed by atoms with Crippen molar-refractivity contribution in [1.29, 1.82) is 0 Å². The normalized spacial score (nSPS) is 9.78. The van der Waals surface area contributed by atoms with E-state index in [9.17, 15) is 0 Å². The highest BCUT2D eigenvalue weighted by Crippen LogP contribution is 2.09. The average molecular weight is 122 g/mol. The van der Waals surface area contributed by atoms with Crippen LogP contribution < -0.4 is 0 Å². The lowest BCUT2D eigenvalue weighted by Gasteiger charge is -2.16. The Bertz CT molecular complexity index is 142. The predicted octanol–water partition coefficient (Wildman–Crippen LogP) is 1.38. The summed E-state index contributed by atoms with van der Waals surface area (Å²) in [6.45, 7) is 7.01. The van der Waals surface area contributed by atoms with Crippen molar-refractivity contribution >= 4 is 0 Å². The number of terminal acetylenes is 1. The first-order valence-corrected chi connectivity index (χ1v) is 2.54.